The molecule has 0 aromatic heterocycles. The maximum absolute atomic E-state index is 2.51. The van der Waals surface area contributed by atoms with Gasteiger partial charge in [-0.15, -0.1) is 0 Å². The largest absolute Gasteiger partial charge is 0.306 e. The molecule has 1 nitrogen and oxygen atoms in total. The minimum atomic E-state index is 0.998. The Morgan fingerprint density at radius 2 is 1.33 bits per heavy atom. The molecule has 1 heterocycles. The van der Waals surface area contributed by atoms with E-state index in [9.17, 15) is 0 Å². The van der Waals surface area contributed by atoms with Crippen LogP contribution in [0.3, 0.4) is 0 Å². The van der Waals surface area contributed by atoms with E-state index >= 15 is 0 Å². The summed E-state index contributed by atoms with van der Waals surface area (Å²) in [5, 5.41) is 0. The SMILES string of the molecule is CC.CC.CC.C[C@H]1CC[C@H]2CCN(C)C[C@H]2C1. The van der Waals surface area contributed by atoms with Crippen LogP contribution in [0.25, 0.3) is 0 Å². The van der Waals surface area contributed by atoms with Gasteiger partial charge in [0.05, 0.1) is 0 Å². The Labute approximate surface area is 117 Å². The van der Waals surface area contributed by atoms with Gasteiger partial charge in [0.1, 0.15) is 0 Å². The van der Waals surface area contributed by atoms with Gasteiger partial charge in [0.2, 0.25) is 0 Å². The van der Waals surface area contributed by atoms with Crippen molar-refractivity contribution in [2.24, 2.45) is 17.8 Å². The number of nitrogens with zero attached hydrogens (tertiary/aromatic N) is 1. The summed E-state index contributed by atoms with van der Waals surface area (Å²) >= 11 is 0. The molecule has 1 heteroatoms. The zero-order valence-corrected chi connectivity index (χ0v) is 14.4. The Balaban J connectivity index is 0. The molecular weight excluding hydrogens is 218 g/mol. The molecule has 0 radical (unpaired) electrons. The van der Waals surface area contributed by atoms with Crippen LogP contribution in [0.4, 0.5) is 0 Å². The molecule has 1 saturated heterocycles. The predicted molar refractivity (Wildman–Crippen MR) is 86.2 cm³/mol. The van der Waals surface area contributed by atoms with Crippen molar-refractivity contribution in [1.29, 1.82) is 0 Å². The van der Waals surface area contributed by atoms with E-state index in [4.69, 9.17) is 0 Å². The minimum absolute atomic E-state index is 0.998. The van der Waals surface area contributed by atoms with Crippen LogP contribution >= 0.6 is 0 Å². The highest BCUT2D eigenvalue weighted by atomic mass is 15.1. The third-order valence-electron chi connectivity index (χ3n) is 3.83. The van der Waals surface area contributed by atoms with Crippen LogP contribution in [0.5, 0.6) is 0 Å². The molecule has 0 amide bonds. The Kier molecular flexibility index (Phi) is 15.1. The monoisotopic (exact) mass is 257 g/mol. The summed E-state index contributed by atoms with van der Waals surface area (Å²) in [6, 6.07) is 0. The topological polar surface area (TPSA) is 3.24 Å². The lowest BCUT2D eigenvalue weighted by Crippen LogP contribution is -2.40. The molecule has 112 valence electrons. The maximum atomic E-state index is 2.51. The first kappa shape index (κ1) is 20.3. The maximum Gasteiger partial charge on any atom is 0.000936 e. The summed E-state index contributed by atoms with van der Waals surface area (Å²) < 4.78 is 0. The highest BCUT2D eigenvalue weighted by Crippen LogP contribution is 2.38. The molecule has 0 N–H and O–H groups in total. The van der Waals surface area contributed by atoms with E-state index in [0.717, 1.165) is 17.8 Å². The van der Waals surface area contributed by atoms with Crippen molar-refractivity contribution in [2.75, 3.05) is 20.1 Å². The Morgan fingerprint density at radius 1 is 0.778 bits per heavy atom. The minimum Gasteiger partial charge on any atom is -0.306 e. The van der Waals surface area contributed by atoms with Gasteiger partial charge in [0.15, 0.2) is 0 Å². The number of hydrogen-bond donors (Lipinski definition) is 0. The molecule has 1 saturated carbocycles. The fraction of sp³-hybridized carbons (Fsp3) is 1.00. The zero-order chi connectivity index (χ0) is 14.6. The van der Waals surface area contributed by atoms with Crippen molar-refractivity contribution in [3.63, 3.8) is 0 Å². The third kappa shape index (κ3) is 7.41. The Hall–Kier alpha value is -0.0400. The second-order valence-electron chi connectivity index (χ2n) is 4.99. The van der Waals surface area contributed by atoms with Gasteiger partial charge in [-0.2, -0.15) is 0 Å². The standard InChI is InChI=1S/C11H21N.3C2H6/c1-9-3-4-10-5-6-12(2)8-11(10)7-9;3*1-2/h9-11H,3-8H2,1-2H3;3*1-2H3/t9-,10-,11+;;;/m0.../s1. The number of rotatable bonds is 0. The summed E-state index contributed by atoms with van der Waals surface area (Å²) in [4.78, 5) is 2.51. The Morgan fingerprint density at radius 3 is 1.89 bits per heavy atom. The van der Waals surface area contributed by atoms with Gasteiger partial charge in [-0.25, -0.2) is 0 Å². The van der Waals surface area contributed by atoms with Crippen molar-refractivity contribution in [3.8, 4) is 0 Å². The molecule has 3 atom stereocenters. The molecule has 18 heavy (non-hydrogen) atoms. The van der Waals surface area contributed by atoms with Gasteiger partial charge in [0, 0.05) is 6.54 Å². The number of piperidine rings is 1. The van der Waals surface area contributed by atoms with Crippen LogP contribution in [-0.2, 0) is 0 Å². The average molecular weight is 258 g/mol. The van der Waals surface area contributed by atoms with Crippen molar-refractivity contribution in [2.45, 2.75) is 74.1 Å². The van der Waals surface area contributed by atoms with Gasteiger partial charge in [0.25, 0.3) is 0 Å². The average Bonchev–Trinajstić information content (AvgIpc) is 2.45. The van der Waals surface area contributed by atoms with E-state index in [-0.39, 0.29) is 0 Å². The first-order chi connectivity index (χ1) is 8.75. The summed E-state index contributed by atoms with van der Waals surface area (Å²) in [5.74, 6) is 3.11. The first-order valence-electron chi connectivity index (χ1n) is 8.44. The van der Waals surface area contributed by atoms with Crippen LogP contribution in [0.1, 0.15) is 74.1 Å². The molecule has 0 bridgehead atoms. The number of likely N-dealkylation sites (tertiary alicyclic amines) is 1. The van der Waals surface area contributed by atoms with Crippen LogP contribution in [0.15, 0.2) is 0 Å². The highest BCUT2D eigenvalue weighted by molar-refractivity contribution is 4.84. The quantitative estimate of drug-likeness (QED) is 0.557. The van der Waals surface area contributed by atoms with Crippen LogP contribution in [0.2, 0.25) is 0 Å². The molecule has 0 aromatic rings. The van der Waals surface area contributed by atoms with E-state index < -0.39 is 0 Å². The highest BCUT2D eigenvalue weighted by Gasteiger charge is 2.32. The lowest BCUT2D eigenvalue weighted by atomic mass is 9.71. The molecule has 2 aliphatic rings. The van der Waals surface area contributed by atoms with E-state index in [0.29, 0.717) is 0 Å². The van der Waals surface area contributed by atoms with Crippen molar-refractivity contribution >= 4 is 0 Å². The normalized spacial score (nSPS) is 30.3. The van der Waals surface area contributed by atoms with E-state index in [1.165, 1.54) is 38.8 Å². The molecule has 0 aromatic carbocycles. The van der Waals surface area contributed by atoms with Gasteiger partial charge in [-0.1, -0.05) is 54.9 Å². The fourth-order valence-corrected chi connectivity index (χ4v) is 3.04. The van der Waals surface area contributed by atoms with Crippen LogP contribution in [0, 0.1) is 17.8 Å². The van der Waals surface area contributed by atoms with Gasteiger partial charge in [-0.3, -0.25) is 0 Å². The van der Waals surface area contributed by atoms with Crippen molar-refractivity contribution in [1.82, 2.24) is 4.90 Å². The van der Waals surface area contributed by atoms with Gasteiger partial charge < -0.3 is 4.90 Å². The molecule has 0 unspecified atom stereocenters. The van der Waals surface area contributed by atoms with Crippen molar-refractivity contribution in [3.05, 3.63) is 0 Å². The van der Waals surface area contributed by atoms with Gasteiger partial charge in [-0.05, 0) is 50.6 Å². The molecule has 1 aliphatic heterocycles. The lowest BCUT2D eigenvalue weighted by Gasteiger charge is -2.41. The summed E-state index contributed by atoms with van der Waals surface area (Å²) in [6.07, 6.45) is 5.97. The van der Waals surface area contributed by atoms with Gasteiger partial charge >= 0.3 is 0 Å². The lowest BCUT2D eigenvalue weighted by molar-refractivity contribution is 0.0838. The predicted octanol–water partition coefficient (Wildman–Crippen LogP) is 5.45. The number of hydrogen-bond acceptors (Lipinski definition) is 1. The summed E-state index contributed by atoms with van der Waals surface area (Å²) in [7, 11) is 2.27. The third-order valence-corrected chi connectivity index (χ3v) is 3.83. The van der Waals surface area contributed by atoms with E-state index in [1.807, 2.05) is 41.5 Å². The van der Waals surface area contributed by atoms with Crippen molar-refractivity contribution < 1.29 is 0 Å². The molecular formula is C17H39N. The second-order valence-corrected chi connectivity index (χ2v) is 4.99. The summed E-state index contributed by atoms with van der Waals surface area (Å²) in [6.45, 7) is 17.1. The molecule has 2 fully saturated rings. The van der Waals surface area contributed by atoms with Crippen LogP contribution in [-0.4, -0.2) is 25.0 Å². The van der Waals surface area contributed by atoms with E-state index in [2.05, 4.69) is 18.9 Å². The van der Waals surface area contributed by atoms with E-state index in [1.54, 1.807) is 0 Å². The molecule has 2 rings (SSSR count). The molecule has 1 aliphatic carbocycles. The zero-order valence-electron chi connectivity index (χ0n) is 14.4. The smallest absolute Gasteiger partial charge is 0.000936 e. The summed E-state index contributed by atoms with van der Waals surface area (Å²) in [5.41, 5.74) is 0. The second kappa shape index (κ2) is 13.4. The fourth-order valence-electron chi connectivity index (χ4n) is 3.04. The Bertz CT molecular complexity index is 140. The number of fused-ring (bicyclic) bond motifs is 1. The first-order valence-corrected chi connectivity index (χ1v) is 8.44. The molecule has 0 spiro atoms. The van der Waals surface area contributed by atoms with Crippen LogP contribution < -0.4 is 0 Å².